The second-order valence-electron chi connectivity index (χ2n) is 10.6. The zero-order chi connectivity index (χ0) is 31.0. The molecule has 0 aliphatic rings. The molecule has 6 aromatic rings. The second kappa shape index (κ2) is 11.4. The van der Waals surface area contributed by atoms with E-state index in [1.807, 2.05) is 67.6 Å². The van der Waals surface area contributed by atoms with Gasteiger partial charge in [0.25, 0.3) is 11.1 Å². The van der Waals surface area contributed by atoms with Crippen molar-refractivity contribution in [1.82, 2.24) is 19.6 Å². The molecule has 0 fully saturated rings. The van der Waals surface area contributed by atoms with Gasteiger partial charge >= 0.3 is 10.1 Å². The number of hydrogen-bond donors (Lipinski definition) is 2. The second-order valence-corrected chi connectivity index (χ2v) is 12.2. The van der Waals surface area contributed by atoms with E-state index >= 15 is 0 Å². The topological polar surface area (TPSA) is 119 Å². The molecule has 6 rings (SSSR count). The van der Waals surface area contributed by atoms with E-state index < -0.39 is 16.0 Å². The molecule has 0 bridgehead atoms. The summed E-state index contributed by atoms with van der Waals surface area (Å²) in [4.78, 5) is 28.1. The lowest BCUT2D eigenvalue weighted by Crippen LogP contribution is -2.25. The predicted molar refractivity (Wildman–Crippen MR) is 169 cm³/mol. The van der Waals surface area contributed by atoms with Gasteiger partial charge in [0.15, 0.2) is 0 Å². The number of H-pyrrole nitrogens is 2. The molecule has 0 saturated heterocycles. The Balaban J connectivity index is 1.48. The van der Waals surface area contributed by atoms with Crippen molar-refractivity contribution >= 4 is 10.1 Å². The van der Waals surface area contributed by atoms with E-state index in [0.29, 0.717) is 39.5 Å². The van der Waals surface area contributed by atoms with Gasteiger partial charge in [-0.25, -0.2) is 9.36 Å². The summed E-state index contributed by atoms with van der Waals surface area (Å²) < 4.78 is 34.2. The van der Waals surface area contributed by atoms with Gasteiger partial charge in [0.1, 0.15) is 10.6 Å². The van der Waals surface area contributed by atoms with E-state index in [2.05, 4.69) is 10.2 Å². The van der Waals surface area contributed by atoms with Gasteiger partial charge in [0.05, 0.1) is 22.5 Å². The molecule has 44 heavy (non-hydrogen) atoms. The Labute approximate surface area is 254 Å². The summed E-state index contributed by atoms with van der Waals surface area (Å²) >= 11 is 0. The first-order valence-electron chi connectivity index (χ1n) is 14.0. The number of nitrogens with zero attached hydrogens (tertiary/aromatic N) is 2. The minimum Gasteiger partial charge on any atom is -0.379 e. The molecular weight excluding hydrogens is 576 g/mol. The van der Waals surface area contributed by atoms with Crippen LogP contribution in [0, 0.1) is 20.8 Å². The minimum absolute atomic E-state index is 0.0406. The van der Waals surface area contributed by atoms with Crippen LogP contribution in [0.3, 0.4) is 0 Å². The molecule has 222 valence electrons. The summed E-state index contributed by atoms with van der Waals surface area (Å²) in [7, 11) is -4.07. The average Bonchev–Trinajstić information content (AvgIpc) is 3.49. The number of para-hydroxylation sites is 2. The van der Waals surface area contributed by atoms with Crippen LogP contribution in [0.15, 0.2) is 124 Å². The van der Waals surface area contributed by atoms with Crippen LogP contribution in [0.4, 0.5) is 0 Å². The third-order valence-corrected chi connectivity index (χ3v) is 8.83. The van der Waals surface area contributed by atoms with E-state index in [0.717, 1.165) is 5.56 Å². The van der Waals surface area contributed by atoms with E-state index in [9.17, 15) is 18.0 Å². The molecule has 0 amide bonds. The molecule has 2 N–H and O–H groups in total. The van der Waals surface area contributed by atoms with E-state index in [1.165, 1.54) is 33.6 Å². The lowest BCUT2D eigenvalue weighted by molar-refractivity contribution is 0.486. The van der Waals surface area contributed by atoms with Crippen molar-refractivity contribution < 1.29 is 12.6 Å². The third-order valence-electron chi connectivity index (χ3n) is 7.57. The van der Waals surface area contributed by atoms with Crippen molar-refractivity contribution in [2.75, 3.05) is 0 Å². The number of benzene rings is 4. The Morgan fingerprint density at radius 2 is 1.07 bits per heavy atom. The molecule has 4 aromatic carbocycles. The monoisotopic (exact) mass is 606 g/mol. The molecule has 0 radical (unpaired) electrons. The lowest BCUT2D eigenvalue weighted by Gasteiger charge is -2.16. The highest BCUT2D eigenvalue weighted by Crippen LogP contribution is 2.33. The Morgan fingerprint density at radius 1 is 0.614 bits per heavy atom. The number of aryl methyl sites for hydroxylation is 3. The van der Waals surface area contributed by atoms with Crippen molar-refractivity contribution in [1.29, 1.82) is 0 Å². The Kier molecular flexibility index (Phi) is 7.44. The van der Waals surface area contributed by atoms with Gasteiger partial charge in [-0.2, -0.15) is 8.42 Å². The minimum atomic E-state index is -4.07. The molecule has 2 heterocycles. The van der Waals surface area contributed by atoms with Crippen molar-refractivity contribution in [3.63, 3.8) is 0 Å². The van der Waals surface area contributed by atoms with Crippen LogP contribution in [0.2, 0.25) is 0 Å². The summed E-state index contributed by atoms with van der Waals surface area (Å²) in [5.74, 6) is -0.673. The molecule has 0 aliphatic heterocycles. The fraction of sp³-hybridized carbons (Fsp3) is 0.118. The number of hydrogen-bond acceptors (Lipinski definition) is 5. The van der Waals surface area contributed by atoms with Crippen LogP contribution in [0.25, 0.3) is 11.4 Å². The van der Waals surface area contributed by atoms with Gasteiger partial charge in [-0.1, -0.05) is 66.2 Å². The molecule has 0 unspecified atom stereocenters. The zero-order valence-electron chi connectivity index (χ0n) is 24.3. The van der Waals surface area contributed by atoms with E-state index in [-0.39, 0.29) is 21.8 Å². The first kappa shape index (κ1) is 28.8. The molecule has 0 saturated carbocycles. The molecule has 0 atom stereocenters. The van der Waals surface area contributed by atoms with Crippen LogP contribution in [-0.2, 0) is 10.1 Å². The summed E-state index contributed by atoms with van der Waals surface area (Å²) in [6, 6.07) is 31.2. The number of aromatic nitrogens is 4. The van der Waals surface area contributed by atoms with Gasteiger partial charge in [-0.05, 0) is 74.9 Å². The average molecular weight is 607 g/mol. The summed E-state index contributed by atoms with van der Waals surface area (Å²) in [5, 5.41) is 6.34. The van der Waals surface area contributed by atoms with Crippen LogP contribution in [-0.4, -0.2) is 28.0 Å². The number of aromatic amines is 2. The SMILES string of the molecule is Cc1ccc(S(=O)(=O)Oc2ccc(C(c3c(C)[nH]n(-c4ccccc4)c3=O)c3c(C)[nH]n(-c4ccccc4)c3=O)cc2)cc1. The quantitative estimate of drug-likeness (QED) is 0.221. The standard InChI is InChI=1S/C34H30N4O5S/c1-22-14-20-29(21-15-22)44(41,42)43-28-18-16-25(17-19-28)32(30-23(2)35-37(33(30)39)26-10-6-4-7-11-26)31-24(3)36-38(34(31)40)27-12-8-5-9-13-27/h4-21,32,35-36H,1-3H3. The summed E-state index contributed by atoms with van der Waals surface area (Å²) in [6.45, 7) is 5.47. The van der Waals surface area contributed by atoms with Gasteiger partial charge in [-0.3, -0.25) is 19.8 Å². The maximum Gasteiger partial charge on any atom is 0.339 e. The Morgan fingerprint density at radius 3 is 1.52 bits per heavy atom. The van der Waals surface area contributed by atoms with Crippen molar-refractivity contribution in [2.45, 2.75) is 31.6 Å². The van der Waals surface area contributed by atoms with Crippen molar-refractivity contribution in [2.24, 2.45) is 0 Å². The summed E-state index contributed by atoms with van der Waals surface area (Å²) in [5.41, 5.74) is 4.24. The molecule has 0 aliphatic carbocycles. The van der Waals surface area contributed by atoms with Crippen molar-refractivity contribution in [3.8, 4) is 17.1 Å². The zero-order valence-corrected chi connectivity index (χ0v) is 25.1. The number of rotatable bonds is 8. The van der Waals surface area contributed by atoms with Gasteiger partial charge in [-0.15, -0.1) is 0 Å². The van der Waals surface area contributed by atoms with Gasteiger partial charge in [0, 0.05) is 17.3 Å². The highest BCUT2D eigenvalue weighted by Gasteiger charge is 2.31. The van der Waals surface area contributed by atoms with Gasteiger partial charge < -0.3 is 4.18 Å². The fourth-order valence-electron chi connectivity index (χ4n) is 5.39. The normalized spacial score (nSPS) is 11.6. The molecule has 9 nitrogen and oxygen atoms in total. The summed E-state index contributed by atoms with van der Waals surface area (Å²) in [6.07, 6.45) is 0. The first-order valence-corrected chi connectivity index (χ1v) is 15.4. The molecule has 0 spiro atoms. The van der Waals surface area contributed by atoms with Crippen LogP contribution in [0.1, 0.15) is 39.6 Å². The maximum atomic E-state index is 14.0. The third kappa shape index (κ3) is 5.31. The smallest absolute Gasteiger partial charge is 0.339 e. The fourth-order valence-corrected chi connectivity index (χ4v) is 6.32. The molecular formula is C34H30N4O5S. The van der Waals surface area contributed by atoms with E-state index in [1.54, 1.807) is 38.1 Å². The van der Waals surface area contributed by atoms with E-state index in [4.69, 9.17) is 4.18 Å². The van der Waals surface area contributed by atoms with Gasteiger partial charge in [0.2, 0.25) is 0 Å². The van der Waals surface area contributed by atoms with Crippen LogP contribution >= 0.6 is 0 Å². The maximum absolute atomic E-state index is 14.0. The van der Waals surface area contributed by atoms with Crippen LogP contribution in [0.5, 0.6) is 5.75 Å². The largest absolute Gasteiger partial charge is 0.379 e. The highest BCUT2D eigenvalue weighted by molar-refractivity contribution is 7.87. The lowest BCUT2D eigenvalue weighted by atomic mass is 9.85. The van der Waals surface area contributed by atoms with Crippen LogP contribution < -0.4 is 15.3 Å². The Bertz CT molecular complexity index is 2060. The number of nitrogens with one attached hydrogen (secondary N) is 2. The molecule has 2 aromatic heterocycles. The molecule has 10 heteroatoms. The highest BCUT2D eigenvalue weighted by atomic mass is 32.2. The predicted octanol–water partition coefficient (Wildman–Crippen LogP) is 5.52. The first-order chi connectivity index (χ1) is 21.1. The van der Waals surface area contributed by atoms with Crippen molar-refractivity contribution in [3.05, 3.63) is 164 Å². The Hall–Kier alpha value is -5.35.